The summed E-state index contributed by atoms with van der Waals surface area (Å²) in [5.41, 5.74) is 2.79. The van der Waals surface area contributed by atoms with Gasteiger partial charge in [0.05, 0.1) is 5.69 Å². The number of benzodiazepines with no additional fused rings is 1. The molecule has 2 aromatic rings. The first-order valence-electron chi connectivity index (χ1n) is 13.3. The van der Waals surface area contributed by atoms with Crippen LogP contribution < -0.4 is 15.5 Å². The quantitative estimate of drug-likeness (QED) is 0.641. The predicted molar refractivity (Wildman–Crippen MR) is 145 cm³/mol. The fourth-order valence-electron chi connectivity index (χ4n) is 5.72. The van der Waals surface area contributed by atoms with Crippen LogP contribution in [0.3, 0.4) is 0 Å². The van der Waals surface area contributed by atoms with E-state index in [1.165, 1.54) is 30.6 Å². The van der Waals surface area contributed by atoms with Gasteiger partial charge >= 0.3 is 6.03 Å². The molecule has 0 radical (unpaired) electrons. The first-order chi connectivity index (χ1) is 17.9. The number of fused-ring (bicyclic) bond motifs is 5. The number of hydrogen-bond acceptors (Lipinski definition) is 4. The number of rotatable bonds is 5. The second-order valence-electron chi connectivity index (χ2n) is 10.7. The molecule has 37 heavy (non-hydrogen) atoms. The van der Waals surface area contributed by atoms with Gasteiger partial charge in [0.15, 0.2) is 0 Å². The maximum atomic E-state index is 13.9. The number of benzene rings is 2. The third-order valence-electron chi connectivity index (χ3n) is 7.65. The van der Waals surface area contributed by atoms with Gasteiger partial charge in [0, 0.05) is 30.1 Å². The minimum absolute atomic E-state index is 0.00678. The van der Waals surface area contributed by atoms with Crippen molar-refractivity contribution in [3.8, 4) is 0 Å². The Kier molecular flexibility index (Phi) is 7.26. The number of urea groups is 1. The van der Waals surface area contributed by atoms with E-state index in [0.29, 0.717) is 23.2 Å². The average Bonchev–Trinajstić information content (AvgIpc) is 3.28. The number of nitrogens with zero attached hydrogens (tertiary/aromatic N) is 3. The van der Waals surface area contributed by atoms with Gasteiger partial charge in [0.25, 0.3) is 5.91 Å². The Morgan fingerprint density at radius 2 is 1.57 bits per heavy atom. The lowest BCUT2D eigenvalue weighted by Gasteiger charge is -2.29. The molecule has 2 bridgehead atoms. The van der Waals surface area contributed by atoms with E-state index in [1.54, 1.807) is 12.1 Å². The third-order valence-corrected chi connectivity index (χ3v) is 7.65. The Hall–Kier alpha value is -3.68. The summed E-state index contributed by atoms with van der Waals surface area (Å²) in [7, 11) is 0. The topological polar surface area (TPSA) is 94.1 Å². The van der Waals surface area contributed by atoms with E-state index in [4.69, 9.17) is 4.99 Å². The molecule has 0 aromatic heterocycles. The highest BCUT2D eigenvalue weighted by Gasteiger charge is 2.37. The van der Waals surface area contributed by atoms with Crippen LogP contribution in [0.2, 0.25) is 0 Å². The van der Waals surface area contributed by atoms with E-state index >= 15 is 0 Å². The smallest absolute Gasteiger partial charge is 0.321 e. The number of aliphatic imine (C=N–C) groups is 1. The van der Waals surface area contributed by atoms with Crippen LogP contribution in [0.25, 0.3) is 0 Å². The molecular formula is C29H35N5O3. The summed E-state index contributed by atoms with van der Waals surface area (Å²) in [6, 6.07) is 16.1. The molecule has 1 unspecified atom stereocenters. The number of nitrogens with one attached hydrogen (secondary N) is 2. The number of para-hydroxylation sites is 2. The minimum Gasteiger partial charge on any atom is -0.341 e. The lowest BCUT2D eigenvalue weighted by molar-refractivity contribution is -0.132. The van der Waals surface area contributed by atoms with Crippen LogP contribution in [0.15, 0.2) is 59.6 Å². The average molecular weight is 502 g/mol. The summed E-state index contributed by atoms with van der Waals surface area (Å²) < 4.78 is 0. The van der Waals surface area contributed by atoms with Crippen LogP contribution >= 0.6 is 0 Å². The molecule has 1 aliphatic carbocycles. The molecule has 0 spiro atoms. The molecule has 194 valence electrons. The van der Waals surface area contributed by atoms with Gasteiger partial charge < -0.3 is 15.5 Å². The van der Waals surface area contributed by atoms with Crippen molar-refractivity contribution in [3.05, 3.63) is 60.2 Å². The van der Waals surface area contributed by atoms with Crippen LogP contribution in [0.1, 0.15) is 45.1 Å². The van der Waals surface area contributed by atoms with Crippen molar-refractivity contribution < 1.29 is 14.4 Å². The summed E-state index contributed by atoms with van der Waals surface area (Å²) in [5.74, 6) is 0.621. The lowest BCUT2D eigenvalue weighted by atomic mass is 9.84. The van der Waals surface area contributed by atoms with E-state index < -0.39 is 18.1 Å². The molecule has 6 rings (SSSR count). The zero-order valence-electron chi connectivity index (χ0n) is 21.5. The van der Waals surface area contributed by atoms with Gasteiger partial charge in [0.2, 0.25) is 12.1 Å². The summed E-state index contributed by atoms with van der Waals surface area (Å²) in [6.45, 7) is 5.46. The standard InChI is InChI=1S/C29H35N5O3/c1-19(2)26-23-10-6-7-11-24(23)34(18-25(35)33-16-20-12-13-21(17-33)15-14-20)28(36)27(31-26)32-29(37)30-22-8-4-3-5-9-22/h3-11,19-21,27H,12-18H2,1-2H3,(H2,30,32,37). The predicted octanol–water partition coefficient (Wildman–Crippen LogP) is 4.27. The minimum atomic E-state index is -1.15. The van der Waals surface area contributed by atoms with E-state index in [0.717, 1.165) is 24.4 Å². The number of carbonyl (C=O) groups excluding carboxylic acids is 3. The van der Waals surface area contributed by atoms with Crippen molar-refractivity contribution >= 4 is 34.9 Å². The fraction of sp³-hybridized carbons (Fsp3) is 0.448. The van der Waals surface area contributed by atoms with Crippen molar-refractivity contribution in [1.29, 1.82) is 0 Å². The highest BCUT2D eigenvalue weighted by Crippen LogP contribution is 2.34. The van der Waals surface area contributed by atoms with Gasteiger partial charge in [-0.05, 0) is 61.6 Å². The Morgan fingerprint density at radius 1 is 0.946 bits per heavy atom. The van der Waals surface area contributed by atoms with E-state index in [-0.39, 0.29) is 18.4 Å². The molecule has 3 aliphatic heterocycles. The maximum absolute atomic E-state index is 13.9. The monoisotopic (exact) mass is 501 g/mol. The van der Waals surface area contributed by atoms with Gasteiger partial charge in [-0.3, -0.25) is 19.5 Å². The first kappa shape index (κ1) is 25.0. The largest absolute Gasteiger partial charge is 0.341 e. The van der Waals surface area contributed by atoms with Crippen LogP contribution in [0.4, 0.5) is 16.2 Å². The molecule has 2 aromatic carbocycles. The Labute approximate surface area is 218 Å². The summed E-state index contributed by atoms with van der Waals surface area (Å²) >= 11 is 0. The Balaban J connectivity index is 1.42. The molecular weight excluding hydrogens is 466 g/mol. The summed E-state index contributed by atoms with van der Waals surface area (Å²) in [5, 5.41) is 5.50. The zero-order valence-corrected chi connectivity index (χ0v) is 21.5. The lowest BCUT2D eigenvalue weighted by Crippen LogP contribution is -2.51. The van der Waals surface area contributed by atoms with Crippen molar-refractivity contribution in [3.63, 3.8) is 0 Å². The SMILES string of the molecule is CC(C)C1=NC(NC(=O)Nc2ccccc2)C(=O)N(CC(=O)N2CC3CCC(CC3)C2)c2ccccc21. The molecule has 2 N–H and O–H groups in total. The maximum Gasteiger partial charge on any atom is 0.321 e. The normalized spacial score (nSPS) is 23.2. The van der Waals surface area contributed by atoms with Crippen LogP contribution in [-0.2, 0) is 9.59 Å². The Bertz CT molecular complexity index is 1170. The molecule has 2 saturated heterocycles. The second-order valence-corrected chi connectivity index (χ2v) is 10.7. The Morgan fingerprint density at radius 3 is 2.22 bits per heavy atom. The molecule has 3 fully saturated rings. The summed E-state index contributed by atoms with van der Waals surface area (Å²) in [4.78, 5) is 48.5. The van der Waals surface area contributed by atoms with E-state index in [2.05, 4.69) is 10.6 Å². The molecule has 8 heteroatoms. The van der Waals surface area contributed by atoms with Crippen LogP contribution in [-0.4, -0.2) is 54.3 Å². The molecule has 1 atom stereocenters. The number of anilines is 2. The van der Waals surface area contributed by atoms with Crippen molar-refractivity contribution in [1.82, 2.24) is 10.2 Å². The molecule has 3 heterocycles. The third kappa shape index (κ3) is 5.53. The van der Waals surface area contributed by atoms with Crippen LogP contribution in [0.5, 0.6) is 0 Å². The molecule has 4 amide bonds. The zero-order chi connectivity index (χ0) is 25.9. The number of amides is 4. The van der Waals surface area contributed by atoms with E-state index in [9.17, 15) is 14.4 Å². The van der Waals surface area contributed by atoms with Crippen molar-refractivity contribution in [2.45, 2.75) is 45.7 Å². The van der Waals surface area contributed by atoms with Crippen molar-refractivity contribution in [2.75, 3.05) is 29.9 Å². The number of hydrogen-bond donors (Lipinski definition) is 2. The van der Waals surface area contributed by atoms with Crippen LogP contribution in [0, 0.1) is 17.8 Å². The molecule has 8 nitrogen and oxygen atoms in total. The summed E-state index contributed by atoms with van der Waals surface area (Å²) in [6.07, 6.45) is 3.55. The fourth-order valence-corrected chi connectivity index (χ4v) is 5.72. The van der Waals surface area contributed by atoms with E-state index in [1.807, 2.05) is 61.2 Å². The van der Waals surface area contributed by atoms with Gasteiger partial charge in [-0.2, -0.15) is 0 Å². The van der Waals surface area contributed by atoms with Gasteiger partial charge in [-0.1, -0.05) is 50.2 Å². The highest BCUT2D eigenvalue weighted by atomic mass is 16.2. The van der Waals surface area contributed by atoms with Gasteiger partial charge in [-0.15, -0.1) is 0 Å². The second kappa shape index (κ2) is 10.7. The molecule has 4 aliphatic rings. The van der Waals surface area contributed by atoms with Gasteiger partial charge in [-0.25, -0.2) is 4.79 Å². The van der Waals surface area contributed by atoms with Gasteiger partial charge in [0.1, 0.15) is 6.54 Å². The van der Waals surface area contributed by atoms with Crippen molar-refractivity contribution in [2.24, 2.45) is 22.7 Å². The number of carbonyl (C=O) groups is 3. The first-order valence-corrected chi connectivity index (χ1v) is 13.3. The highest BCUT2D eigenvalue weighted by molar-refractivity contribution is 6.15. The molecule has 1 saturated carbocycles.